The second kappa shape index (κ2) is 15.1. The van der Waals surface area contributed by atoms with Gasteiger partial charge in [0.25, 0.3) is 0 Å². The first-order valence-corrected chi connectivity index (χ1v) is 23.7. The fourth-order valence-corrected chi connectivity index (χ4v) is 12.4. The van der Waals surface area contributed by atoms with Gasteiger partial charge in [-0.15, -0.1) is 11.8 Å². The van der Waals surface area contributed by atoms with E-state index < -0.39 is 0 Å². The van der Waals surface area contributed by atoms with Crippen molar-refractivity contribution in [2.24, 2.45) is 0 Å². The molecule has 0 spiro atoms. The van der Waals surface area contributed by atoms with E-state index in [1.165, 1.54) is 68.0 Å². The zero-order valence-electron chi connectivity index (χ0n) is 35.9. The van der Waals surface area contributed by atoms with E-state index in [9.17, 15) is 0 Å². The van der Waals surface area contributed by atoms with Gasteiger partial charge in [-0.2, -0.15) is 0 Å². The smallest absolute Gasteiger partial charge is 0.145 e. The van der Waals surface area contributed by atoms with Gasteiger partial charge in [-0.3, -0.25) is 0 Å². The molecule has 10 aromatic rings. The van der Waals surface area contributed by atoms with Gasteiger partial charge in [0.15, 0.2) is 0 Å². The fourth-order valence-electron chi connectivity index (χ4n) is 11.1. The lowest BCUT2D eigenvalue weighted by molar-refractivity contribution is 0.607. The average Bonchev–Trinajstić information content (AvgIpc) is 4.10. The number of allylic oxidation sites excluding steroid dienone is 3. The Bertz CT molecular complexity index is 3700. The molecule has 0 fully saturated rings. The maximum absolute atomic E-state index is 6.92. The van der Waals surface area contributed by atoms with Crippen molar-refractivity contribution in [2.45, 2.75) is 41.7 Å². The van der Waals surface area contributed by atoms with Crippen LogP contribution >= 0.6 is 11.8 Å². The Balaban J connectivity index is 0.888. The molecule has 2 atom stereocenters. The Morgan fingerprint density at radius 2 is 1.43 bits per heavy atom. The number of benzene rings is 7. The number of hydrogen-bond acceptors (Lipinski definition) is 3. The third kappa shape index (κ3) is 5.99. The number of nitrogens with two attached hydrogens (primary N) is 1. The molecule has 65 heavy (non-hydrogen) atoms. The van der Waals surface area contributed by atoms with Gasteiger partial charge < -0.3 is 19.3 Å². The average molecular weight is 856 g/mol. The minimum absolute atomic E-state index is 0.236. The van der Waals surface area contributed by atoms with Crippen molar-refractivity contribution in [1.29, 1.82) is 0 Å². The van der Waals surface area contributed by atoms with Crippen LogP contribution in [0.4, 0.5) is 5.69 Å². The van der Waals surface area contributed by atoms with Crippen LogP contribution in [0.2, 0.25) is 0 Å². The van der Waals surface area contributed by atoms with Gasteiger partial charge in [0.05, 0.1) is 21.9 Å². The highest BCUT2D eigenvalue weighted by atomic mass is 32.2. The van der Waals surface area contributed by atoms with Crippen LogP contribution < -0.4 is 5.73 Å². The quantitative estimate of drug-likeness (QED) is 0.163. The molecule has 0 saturated carbocycles. The lowest BCUT2D eigenvalue weighted by Gasteiger charge is -2.21. The molecule has 4 heterocycles. The van der Waals surface area contributed by atoms with E-state index in [2.05, 4.69) is 180 Å². The summed E-state index contributed by atoms with van der Waals surface area (Å²) >= 11 is 1.98. The van der Waals surface area contributed by atoms with E-state index >= 15 is 0 Å². The highest BCUT2D eigenvalue weighted by Gasteiger charge is 2.34. The van der Waals surface area contributed by atoms with Crippen LogP contribution in [0.3, 0.4) is 0 Å². The Morgan fingerprint density at radius 3 is 2.31 bits per heavy atom. The number of para-hydroxylation sites is 3. The molecule has 13 rings (SSSR count). The van der Waals surface area contributed by atoms with Crippen molar-refractivity contribution >= 4 is 85.1 Å². The minimum atomic E-state index is 0.236. The summed E-state index contributed by atoms with van der Waals surface area (Å²) in [7, 11) is 0. The molecule has 4 nitrogen and oxygen atoms in total. The number of hydrogen-bond donors (Lipinski definition) is 1. The van der Waals surface area contributed by atoms with E-state index in [0.29, 0.717) is 5.25 Å². The van der Waals surface area contributed by atoms with E-state index in [-0.39, 0.29) is 5.92 Å². The van der Waals surface area contributed by atoms with Crippen LogP contribution in [0.25, 0.3) is 95.5 Å². The number of fused-ring (bicyclic) bond motifs is 11. The highest BCUT2D eigenvalue weighted by molar-refractivity contribution is 8.00. The number of rotatable bonds is 7. The van der Waals surface area contributed by atoms with Crippen molar-refractivity contribution in [3.8, 4) is 27.9 Å². The van der Waals surface area contributed by atoms with Crippen LogP contribution in [0.1, 0.15) is 52.5 Å². The van der Waals surface area contributed by atoms with E-state index in [0.717, 1.165) is 79.3 Å². The zero-order chi connectivity index (χ0) is 43.2. The van der Waals surface area contributed by atoms with Crippen molar-refractivity contribution < 1.29 is 4.42 Å². The molecule has 2 unspecified atom stereocenters. The summed E-state index contributed by atoms with van der Waals surface area (Å²) in [5.74, 6) is 1.01. The number of nitrogen functional groups attached to an aromatic ring is 1. The Morgan fingerprint density at radius 1 is 0.662 bits per heavy atom. The second-order valence-electron chi connectivity index (χ2n) is 17.6. The van der Waals surface area contributed by atoms with Crippen LogP contribution in [-0.4, -0.2) is 14.4 Å². The monoisotopic (exact) mass is 855 g/mol. The molecule has 0 saturated heterocycles. The topological polar surface area (TPSA) is 49.0 Å². The summed E-state index contributed by atoms with van der Waals surface area (Å²) in [6, 6.07) is 54.8. The maximum Gasteiger partial charge on any atom is 0.145 e. The summed E-state index contributed by atoms with van der Waals surface area (Å²) in [6.07, 6.45) is 18.2. The molecule has 5 heteroatoms. The first-order chi connectivity index (χ1) is 32.1. The number of aryl methyl sites for hydroxylation is 1. The van der Waals surface area contributed by atoms with Crippen molar-refractivity contribution in [3.05, 3.63) is 210 Å². The molecule has 312 valence electrons. The molecular weight excluding hydrogens is 811 g/mol. The largest absolute Gasteiger partial charge is 0.455 e. The number of thioether (sulfide) groups is 1. The standard InChI is InChI=1S/C60H45N3OS/c1-2-42-47-29-30-55-59(60(47)64-56(42)31-26-37-14-3-4-17-43(37)44-18-5-9-22-51(44)61)48-21-8-12-25-54(48)63(55)41-28-33-58-50(36-41)49-35-39(27-32-57(49)65-58)38-15-13-16-40(34-38)62-52-23-10-6-19-45(52)46-20-7-11-24-53(46)62/h2-6,8-10,12-19,21-23,25-36,50,58H,1,7,11,20,24,61H2/b31-26-. The van der Waals surface area contributed by atoms with E-state index in [1.54, 1.807) is 0 Å². The third-order valence-corrected chi connectivity index (χ3v) is 15.4. The zero-order valence-corrected chi connectivity index (χ0v) is 36.7. The molecule has 2 aliphatic carbocycles. The highest BCUT2D eigenvalue weighted by Crippen LogP contribution is 2.51. The van der Waals surface area contributed by atoms with Crippen LogP contribution in [-0.2, 0) is 12.8 Å². The molecule has 3 aromatic heterocycles. The predicted molar refractivity (Wildman–Crippen MR) is 276 cm³/mol. The molecule has 3 aliphatic rings. The molecule has 0 radical (unpaired) electrons. The summed E-state index contributed by atoms with van der Waals surface area (Å²) in [5.41, 5.74) is 25.1. The fraction of sp³-hybridized carbons (Fsp3) is 0.100. The minimum Gasteiger partial charge on any atom is -0.455 e. The molecule has 0 bridgehead atoms. The SMILES string of the molecule is C=Cc1c(/C=C\c2ccccc2-c2ccccc2N)oc2c1ccc1c2c2ccccc2n1C1=CC2c3cc(-c4cccc(-n5c6c(c7ccccc75)CCCC6)c4)ccc3SC2C=C1. The molecule has 0 amide bonds. The van der Waals surface area contributed by atoms with Gasteiger partial charge in [0.1, 0.15) is 11.3 Å². The Hall–Kier alpha value is -7.47. The summed E-state index contributed by atoms with van der Waals surface area (Å²) in [5, 5.41) is 5.06. The van der Waals surface area contributed by atoms with Crippen LogP contribution in [0.15, 0.2) is 186 Å². The van der Waals surface area contributed by atoms with Crippen molar-refractivity contribution in [1.82, 2.24) is 9.13 Å². The van der Waals surface area contributed by atoms with Gasteiger partial charge in [-0.1, -0.05) is 128 Å². The lowest BCUT2D eigenvalue weighted by Crippen LogP contribution is -2.11. The van der Waals surface area contributed by atoms with E-state index in [1.807, 2.05) is 36.0 Å². The van der Waals surface area contributed by atoms with Gasteiger partial charge in [-0.05, 0) is 126 Å². The first-order valence-electron chi connectivity index (χ1n) is 22.8. The van der Waals surface area contributed by atoms with Gasteiger partial charge in [-0.25, -0.2) is 0 Å². The summed E-state index contributed by atoms with van der Waals surface area (Å²) < 4.78 is 11.9. The van der Waals surface area contributed by atoms with Gasteiger partial charge in [0, 0.05) is 66.1 Å². The molecular formula is C60H45N3OS. The van der Waals surface area contributed by atoms with Crippen molar-refractivity contribution in [3.63, 3.8) is 0 Å². The van der Waals surface area contributed by atoms with Crippen LogP contribution in [0.5, 0.6) is 0 Å². The number of nitrogens with zero attached hydrogens (tertiary/aromatic N) is 2. The Labute approximate surface area is 382 Å². The molecule has 7 aromatic carbocycles. The van der Waals surface area contributed by atoms with Gasteiger partial charge >= 0.3 is 0 Å². The summed E-state index contributed by atoms with van der Waals surface area (Å²) in [4.78, 5) is 1.36. The summed E-state index contributed by atoms with van der Waals surface area (Å²) in [6.45, 7) is 4.25. The number of furan rings is 1. The molecule has 2 N–H and O–H groups in total. The lowest BCUT2D eigenvalue weighted by atomic mass is 9.89. The number of aromatic nitrogens is 2. The van der Waals surface area contributed by atoms with Crippen molar-refractivity contribution in [2.75, 3.05) is 5.73 Å². The normalized spacial score (nSPS) is 16.7. The maximum atomic E-state index is 6.92. The predicted octanol–water partition coefficient (Wildman–Crippen LogP) is 15.8. The first kappa shape index (κ1) is 38.0. The Kier molecular flexibility index (Phi) is 8.82. The third-order valence-electron chi connectivity index (χ3n) is 14.1. The van der Waals surface area contributed by atoms with E-state index in [4.69, 9.17) is 10.2 Å². The second-order valence-corrected chi connectivity index (χ2v) is 18.8. The van der Waals surface area contributed by atoms with Gasteiger partial charge in [0.2, 0.25) is 0 Å². The number of anilines is 1. The molecule has 1 aliphatic heterocycles. The van der Waals surface area contributed by atoms with Crippen LogP contribution in [0, 0.1) is 0 Å².